The minimum Gasteiger partial charge on any atom is -0.349 e. The minimum atomic E-state index is -0.342. The lowest BCUT2D eigenvalue weighted by Crippen LogP contribution is -2.45. The van der Waals surface area contributed by atoms with Gasteiger partial charge in [0.05, 0.1) is 0 Å². The van der Waals surface area contributed by atoms with E-state index in [9.17, 15) is 9.59 Å². The second-order valence-corrected chi connectivity index (χ2v) is 6.83. The lowest BCUT2D eigenvalue weighted by molar-refractivity contribution is 0.0889. The highest BCUT2D eigenvalue weighted by Crippen LogP contribution is 2.29. The molecular formula is C20H24N2O2. The van der Waals surface area contributed by atoms with Crippen molar-refractivity contribution in [3.05, 3.63) is 58.4 Å². The number of H-pyrrole nitrogens is 1. The summed E-state index contributed by atoms with van der Waals surface area (Å²) in [5, 5.41) is 3.06. The van der Waals surface area contributed by atoms with Crippen molar-refractivity contribution >= 4 is 5.91 Å². The third-order valence-electron chi connectivity index (χ3n) is 5.26. The largest absolute Gasteiger partial charge is 0.349 e. The number of benzene rings is 1. The van der Waals surface area contributed by atoms with E-state index in [1.165, 1.54) is 6.42 Å². The van der Waals surface area contributed by atoms with Gasteiger partial charge in [0.15, 0.2) is 0 Å². The van der Waals surface area contributed by atoms with Gasteiger partial charge in [-0.3, -0.25) is 9.59 Å². The molecule has 24 heavy (non-hydrogen) atoms. The highest BCUT2D eigenvalue weighted by molar-refractivity contribution is 5.94. The Bertz CT molecular complexity index is 767. The number of hydrogen-bond donors (Lipinski definition) is 2. The zero-order valence-electron chi connectivity index (χ0n) is 14.2. The second kappa shape index (κ2) is 7.04. The first-order valence-corrected chi connectivity index (χ1v) is 8.66. The number of nitrogens with one attached hydrogen (secondary N) is 2. The highest BCUT2D eigenvalue weighted by atomic mass is 16.2. The van der Waals surface area contributed by atoms with Gasteiger partial charge in [-0.25, -0.2) is 0 Å². The van der Waals surface area contributed by atoms with Crippen LogP contribution in [0.25, 0.3) is 11.3 Å². The molecule has 3 unspecified atom stereocenters. The fraction of sp³-hybridized carbons (Fsp3) is 0.400. The van der Waals surface area contributed by atoms with E-state index in [1.807, 2.05) is 30.3 Å². The van der Waals surface area contributed by atoms with Crippen LogP contribution in [0.4, 0.5) is 0 Å². The molecular weight excluding hydrogens is 300 g/mol. The molecule has 1 aliphatic rings. The first-order valence-electron chi connectivity index (χ1n) is 8.66. The van der Waals surface area contributed by atoms with Crippen LogP contribution in [0.2, 0.25) is 0 Å². The summed E-state index contributed by atoms with van der Waals surface area (Å²) in [7, 11) is 0. The second-order valence-electron chi connectivity index (χ2n) is 6.83. The molecule has 1 aromatic carbocycles. The van der Waals surface area contributed by atoms with Crippen LogP contribution in [-0.4, -0.2) is 16.9 Å². The number of carbonyl (C=O) groups excluding carboxylic acids is 1. The fourth-order valence-electron chi connectivity index (χ4n) is 3.47. The Labute approximate surface area is 142 Å². The van der Waals surface area contributed by atoms with E-state index < -0.39 is 0 Å². The number of aromatic nitrogens is 1. The van der Waals surface area contributed by atoms with Crippen molar-refractivity contribution < 1.29 is 4.79 Å². The predicted octanol–water partition coefficient (Wildman–Crippen LogP) is 3.60. The third-order valence-corrected chi connectivity index (χ3v) is 5.26. The van der Waals surface area contributed by atoms with Crippen LogP contribution in [0.3, 0.4) is 0 Å². The lowest BCUT2D eigenvalue weighted by Gasteiger charge is -2.34. The molecule has 2 N–H and O–H groups in total. The maximum atomic E-state index is 12.5. The van der Waals surface area contributed by atoms with Gasteiger partial charge in [-0.15, -0.1) is 0 Å². The molecule has 0 radical (unpaired) electrons. The molecule has 1 fully saturated rings. The maximum Gasteiger partial charge on any atom is 0.261 e. The summed E-state index contributed by atoms with van der Waals surface area (Å²) >= 11 is 0. The summed E-state index contributed by atoms with van der Waals surface area (Å²) in [5.41, 5.74) is 1.48. The van der Waals surface area contributed by atoms with Crippen molar-refractivity contribution in [2.45, 2.75) is 39.2 Å². The molecule has 0 bridgehead atoms. The molecule has 3 atom stereocenters. The maximum absolute atomic E-state index is 12.5. The van der Waals surface area contributed by atoms with E-state index in [-0.39, 0.29) is 23.1 Å². The van der Waals surface area contributed by atoms with Gasteiger partial charge in [0, 0.05) is 11.7 Å². The van der Waals surface area contributed by atoms with Crippen LogP contribution in [0.1, 0.15) is 43.5 Å². The summed E-state index contributed by atoms with van der Waals surface area (Å²) in [6.07, 6.45) is 3.32. The minimum absolute atomic E-state index is 0.148. The van der Waals surface area contributed by atoms with Crippen molar-refractivity contribution in [3.8, 4) is 11.3 Å². The number of hydrogen-bond acceptors (Lipinski definition) is 2. The first-order chi connectivity index (χ1) is 11.6. The van der Waals surface area contributed by atoms with E-state index >= 15 is 0 Å². The van der Waals surface area contributed by atoms with Crippen LogP contribution >= 0.6 is 0 Å². The summed E-state index contributed by atoms with van der Waals surface area (Å²) in [6.45, 7) is 4.40. The normalized spacial score (nSPS) is 23.7. The number of aromatic amines is 1. The number of amides is 1. The molecule has 1 aliphatic carbocycles. The average molecular weight is 324 g/mol. The molecule has 4 nitrogen and oxygen atoms in total. The molecule has 3 rings (SSSR count). The standard InChI is InChI=1S/C20H24N2O2/c1-13-7-6-10-17(14(13)2)21-19(23)16-11-12-18(22-20(16)24)15-8-4-3-5-9-15/h3-5,8-9,11-14,17H,6-7,10H2,1-2H3,(H,21,23)(H,22,24). The monoisotopic (exact) mass is 324 g/mol. The predicted molar refractivity (Wildman–Crippen MR) is 95.9 cm³/mol. The van der Waals surface area contributed by atoms with Gasteiger partial charge in [0.25, 0.3) is 11.5 Å². The average Bonchev–Trinajstić information content (AvgIpc) is 2.59. The zero-order chi connectivity index (χ0) is 17.1. The summed E-state index contributed by atoms with van der Waals surface area (Å²) < 4.78 is 0. The summed E-state index contributed by atoms with van der Waals surface area (Å²) in [6, 6.07) is 13.2. The Morgan fingerprint density at radius 2 is 1.83 bits per heavy atom. The molecule has 1 aromatic heterocycles. The Morgan fingerprint density at radius 3 is 2.54 bits per heavy atom. The molecule has 0 aliphatic heterocycles. The van der Waals surface area contributed by atoms with Crippen molar-refractivity contribution in [2.75, 3.05) is 0 Å². The zero-order valence-corrected chi connectivity index (χ0v) is 14.2. The smallest absolute Gasteiger partial charge is 0.261 e. The van der Waals surface area contributed by atoms with Gasteiger partial charge in [-0.05, 0) is 36.0 Å². The third kappa shape index (κ3) is 3.42. The Kier molecular flexibility index (Phi) is 4.84. The molecule has 1 amide bonds. The summed E-state index contributed by atoms with van der Waals surface area (Å²) in [5.74, 6) is 0.759. The fourth-order valence-corrected chi connectivity index (χ4v) is 3.47. The number of carbonyl (C=O) groups is 1. The van der Waals surface area contributed by atoms with Gasteiger partial charge in [0.1, 0.15) is 5.56 Å². The van der Waals surface area contributed by atoms with Crippen LogP contribution in [-0.2, 0) is 0 Å². The van der Waals surface area contributed by atoms with E-state index in [1.54, 1.807) is 12.1 Å². The van der Waals surface area contributed by atoms with Crippen molar-refractivity contribution in [2.24, 2.45) is 11.8 Å². The van der Waals surface area contributed by atoms with Crippen molar-refractivity contribution in [3.63, 3.8) is 0 Å². The Hall–Kier alpha value is -2.36. The first kappa shape index (κ1) is 16.5. The van der Waals surface area contributed by atoms with Crippen molar-refractivity contribution in [1.82, 2.24) is 10.3 Å². The van der Waals surface area contributed by atoms with E-state index in [4.69, 9.17) is 0 Å². The number of pyridine rings is 1. The van der Waals surface area contributed by atoms with E-state index in [0.717, 1.165) is 24.1 Å². The Morgan fingerprint density at radius 1 is 1.08 bits per heavy atom. The topological polar surface area (TPSA) is 62.0 Å². The highest BCUT2D eigenvalue weighted by Gasteiger charge is 2.28. The molecule has 0 spiro atoms. The molecule has 1 saturated carbocycles. The molecule has 4 heteroatoms. The van der Waals surface area contributed by atoms with Gasteiger partial charge in [0.2, 0.25) is 0 Å². The number of rotatable bonds is 3. The van der Waals surface area contributed by atoms with Crippen LogP contribution in [0.5, 0.6) is 0 Å². The van der Waals surface area contributed by atoms with Crippen molar-refractivity contribution in [1.29, 1.82) is 0 Å². The van der Waals surface area contributed by atoms with Crippen LogP contribution in [0, 0.1) is 11.8 Å². The van der Waals surface area contributed by atoms with E-state index in [2.05, 4.69) is 24.1 Å². The molecule has 126 valence electrons. The SMILES string of the molecule is CC1CCCC(NC(=O)c2ccc(-c3ccccc3)[nH]c2=O)C1C. The molecule has 2 aromatic rings. The van der Waals surface area contributed by atoms with Gasteiger partial charge in [-0.2, -0.15) is 0 Å². The van der Waals surface area contributed by atoms with Crippen LogP contribution < -0.4 is 10.9 Å². The van der Waals surface area contributed by atoms with Gasteiger partial charge >= 0.3 is 0 Å². The Balaban J connectivity index is 1.77. The molecule has 1 heterocycles. The van der Waals surface area contributed by atoms with E-state index in [0.29, 0.717) is 11.8 Å². The van der Waals surface area contributed by atoms with Gasteiger partial charge in [-0.1, -0.05) is 57.0 Å². The lowest BCUT2D eigenvalue weighted by atomic mass is 9.78. The van der Waals surface area contributed by atoms with Crippen LogP contribution in [0.15, 0.2) is 47.3 Å². The molecule has 0 saturated heterocycles. The quantitative estimate of drug-likeness (QED) is 0.906. The summed E-state index contributed by atoms with van der Waals surface area (Å²) in [4.78, 5) is 27.6. The van der Waals surface area contributed by atoms with Gasteiger partial charge < -0.3 is 10.3 Å².